The van der Waals surface area contributed by atoms with Gasteiger partial charge in [0.1, 0.15) is 12.1 Å². The van der Waals surface area contributed by atoms with Crippen LogP contribution in [-0.4, -0.2) is 42.6 Å². The fourth-order valence-corrected chi connectivity index (χ4v) is 3.70. The molecule has 0 bridgehead atoms. The van der Waals surface area contributed by atoms with E-state index in [1.165, 1.54) is 11.9 Å². The van der Waals surface area contributed by atoms with Crippen LogP contribution in [0.15, 0.2) is 60.9 Å². The molecule has 158 valence electrons. The van der Waals surface area contributed by atoms with Crippen LogP contribution in [0.5, 0.6) is 0 Å². The third kappa shape index (κ3) is 6.27. The van der Waals surface area contributed by atoms with Gasteiger partial charge in [-0.2, -0.15) is 0 Å². The predicted octanol–water partition coefficient (Wildman–Crippen LogP) is 4.10. The van der Waals surface area contributed by atoms with Crippen LogP contribution in [0.2, 0.25) is 0 Å². The molecule has 0 spiro atoms. The summed E-state index contributed by atoms with van der Waals surface area (Å²) in [5.74, 6) is 0.630. The second kappa shape index (κ2) is 9.69. The molecule has 3 aromatic rings. The van der Waals surface area contributed by atoms with E-state index in [1.807, 2.05) is 24.3 Å². The molecule has 0 radical (unpaired) electrons. The first kappa shape index (κ1) is 21.7. The van der Waals surface area contributed by atoms with Crippen LogP contribution in [0.1, 0.15) is 19.4 Å². The number of hydrogen-bond donors (Lipinski definition) is 2. The highest BCUT2D eigenvalue weighted by atomic mass is 32.2. The Hall–Kier alpha value is -2.97. The topological polar surface area (TPSA) is 87.2 Å². The summed E-state index contributed by atoms with van der Waals surface area (Å²) >= 11 is 0. The molecule has 0 unspecified atom stereocenters. The molecule has 0 saturated heterocycles. The predicted molar refractivity (Wildman–Crippen MR) is 122 cm³/mol. The van der Waals surface area contributed by atoms with Crippen LogP contribution in [0.4, 0.5) is 17.2 Å². The highest BCUT2D eigenvalue weighted by molar-refractivity contribution is 7.92. The molecule has 0 aliphatic heterocycles. The van der Waals surface area contributed by atoms with Crippen molar-refractivity contribution in [3.05, 3.63) is 66.5 Å². The fraction of sp³-hybridized carbons (Fsp3) is 0.273. The van der Waals surface area contributed by atoms with E-state index in [-0.39, 0.29) is 0 Å². The lowest BCUT2D eigenvalue weighted by Crippen LogP contribution is -2.22. The molecule has 0 saturated carbocycles. The maximum absolute atomic E-state index is 11.4. The third-order valence-corrected chi connectivity index (χ3v) is 5.24. The average molecular weight is 426 g/mol. The van der Waals surface area contributed by atoms with Gasteiger partial charge in [0.05, 0.1) is 17.6 Å². The largest absolute Gasteiger partial charge is 0.340 e. The summed E-state index contributed by atoms with van der Waals surface area (Å²) in [6.07, 6.45) is 2.64. The van der Waals surface area contributed by atoms with Gasteiger partial charge in [0.25, 0.3) is 0 Å². The zero-order valence-corrected chi connectivity index (χ0v) is 18.3. The summed E-state index contributed by atoms with van der Waals surface area (Å²) < 4.78 is 25.4. The molecule has 2 N–H and O–H groups in total. The van der Waals surface area contributed by atoms with E-state index in [0.717, 1.165) is 42.8 Å². The molecule has 0 aliphatic rings. The van der Waals surface area contributed by atoms with Crippen LogP contribution < -0.4 is 10.0 Å². The molecule has 0 atom stereocenters. The van der Waals surface area contributed by atoms with Crippen molar-refractivity contribution >= 4 is 27.2 Å². The van der Waals surface area contributed by atoms with Crippen LogP contribution >= 0.6 is 0 Å². The Bertz CT molecular complexity index is 1100. The molecule has 1 heterocycles. The number of nitrogens with zero attached hydrogens (tertiary/aromatic N) is 3. The van der Waals surface area contributed by atoms with Crippen molar-refractivity contribution in [3.63, 3.8) is 0 Å². The smallest absolute Gasteiger partial charge is 0.229 e. The second-order valence-electron chi connectivity index (χ2n) is 7.03. The van der Waals surface area contributed by atoms with Gasteiger partial charge in [0, 0.05) is 23.9 Å². The SMILES string of the molecule is CCN(CC)Cc1cccc(-c2cc(Nc3cccc(NS(C)(=O)=O)c3)ncn2)c1. The van der Waals surface area contributed by atoms with Gasteiger partial charge in [0.2, 0.25) is 10.0 Å². The van der Waals surface area contributed by atoms with Gasteiger partial charge in [-0.25, -0.2) is 18.4 Å². The Balaban J connectivity index is 1.80. The number of anilines is 3. The van der Waals surface area contributed by atoms with Gasteiger partial charge >= 0.3 is 0 Å². The lowest BCUT2D eigenvalue weighted by Gasteiger charge is -2.18. The van der Waals surface area contributed by atoms with Crippen LogP contribution in [0.3, 0.4) is 0 Å². The number of aromatic nitrogens is 2. The van der Waals surface area contributed by atoms with Gasteiger partial charge in [-0.05, 0) is 42.9 Å². The highest BCUT2D eigenvalue weighted by Crippen LogP contribution is 2.24. The minimum absolute atomic E-state index is 0.487. The van der Waals surface area contributed by atoms with Crippen molar-refractivity contribution in [1.82, 2.24) is 14.9 Å². The van der Waals surface area contributed by atoms with E-state index in [4.69, 9.17) is 0 Å². The maximum atomic E-state index is 11.4. The summed E-state index contributed by atoms with van der Waals surface area (Å²) in [7, 11) is -3.33. The number of benzene rings is 2. The second-order valence-corrected chi connectivity index (χ2v) is 8.78. The van der Waals surface area contributed by atoms with E-state index in [9.17, 15) is 8.42 Å². The van der Waals surface area contributed by atoms with Gasteiger partial charge in [-0.3, -0.25) is 9.62 Å². The van der Waals surface area contributed by atoms with E-state index < -0.39 is 10.0 Å². The van der Waals surface area contributed by atoms with Crippen molar-refractivity contribution in [3.8, 4) is 11.3 Å². The highest BCUT2D eigenvalue weighted by Gasteiger charge is 2.07. The van der Waals surface area contributed by atoms with Crippen LogP contribution in [0, 0.1) is 0 Å². The Morgan fingerprint density at radius 3 is 2.40 bits per heavy atom. The zero-order chi connectivity index (χ0) is 21.6. The number of rotatable bonds is 9. The molecule has 3 rings (SSSR count). The Morgan fingerprint density at radius 1 is 0.933 bits per heavy atom. The van der Waals surface area contributed by atoms with Gasteiger partial charge in [-0.1, -0.05) is 38.1 Å². The first-order valence-electron chi connectivity index (χ1n) is 9.85. The molecule has 8 heteroatoms. The number of sulfonamides is 1. The molecular formula is C22H27N5O2S. The van der Waals surface area contributed by atoms with Gasteiger partial charge in [0.15, 0.2) is 0 Å². The Kier molecular flexibility index (Phi) is 7.02. The summed E-state index contributed by atoms with van der Waals surface area (Å²) in [6.45, 7) is 7.24. The van der Waals surface area contributed by atoms with Gasteiger partial charge in [-0.15, -0.1) is 0 Å². The van der Waals surface area contributed by atoms with E-state index in [1.54, 1.807) is 18.2 Å². The standard InChI is InChI=1S/C22H27N5O2S/c1-4-27(5-2)15-17-8-6-9-18(12-17)21-14-22(24-16-23-21)25-19-10-7-11-20(13-19)26-30(3,28)29/h6-14,16,26H,4-5,15H2,1-3H3,(H,23,24,25). The lowest BCUT2D eigenvalue weighted by molar-refractivity contribution is 0.296. The average Bonchev–Trinajstić information content (AvgIpc) is 2.71. The summed E-state index contributed by atoms with van der Waals surface area (Å²) in [4.78, 5) is 11.1. The first-order chi connectivity index (χ1) is 14.4. The van der Waals surface area contributed by atoms with Crippen LogP contribution in [0.25, 0.3) is 11.3 Å². The molecule has 1 aromatic heterocycles. The van der Waals surface area contributed by atoms with Crippen LogP contribution in [-0.2, 0) is 16.6 Å². The Morgan fingerprint density at radius 2 is 1.67 bits per heavy atom. The molecule has 0 amide bonds. The quantitative estimate of drug-likeness (QED) is 0.537. The minimum atomic E-state index is -3.33. The molecule has 0 fully saturated rings. The van der Waals surface area contributed by atoms with E-state index in [0.29, 0.717) is 11.5 Å². The fourth-order valence-electron chi connectivity index (χ4n) is 3.14. The van der Waals surface area contributed by atoms with Crippen molar-refractivity contribution in [1.29, 1.82) is 0 Å². The lowest BCUT2D eigenvalue weighted by atomic mass is 10.1. The van der Waals surface area contributed by atoms with E-state index >= 15 is 0 Å². The first-order valence-corrected chi connectivity index (χ1v) is 11.7. The normalized spacial score (nSPS) is 11.5. The summed E-state index contributed by atoms with van der Waals surface area (Å²) in [6, 6.07) is 17.3. The monoisotopic (exact) mass is 425 g/mol. The number of hydrogen-bond acceptors (Lipinski definition) is 6. The molecule has 2 aromatic carbocycles. The van der Waals surface area contributed by atoms with E-state index in [2.05, 4.69) is 50.9 Å². The van der Waals surface area contributed by atoms with Crippen molar-refractivity contribution in [2.45, 2.75) is 20.4 Å². The molecule has 0 aliphatic carbocycles. The third-order valence-electron chi connectivity index (χ3n) is 4.63. The molecule has 7 nitrogen and oxygen atoms in total. The van der Waals surface area contributed by atoms with Crippen molar-refractivity contribution < 1.29 is 8.42 Å². The molecular weight excluding hydrogens is 398 g/mol. The summed E-state index contributed by atoms with van der Waals surface area (Å²) in [5, 5.41) is 3.21. The number of nitrogens with one attached hydrogen (secondary N) is 2. The van der Waals surface area contributed by atoms with Crippen molar-refractivity contribution in [2.24, 2.45) is 0 Å². The summed E-state index contributed by atoms with van der Waals surface area (Å²) in [5.41, 5.74) is 4.30. The minimum Gasteiger partial charge on any atom is -0.340 e. The maximum Gasteiger partial charge on any atom is 0.229 e. The Labute approximate surface area is 178 Å². The zero-order valence-electron chi connectivity index (χ0n) is 17.5. The van der Waals surface area contributed by atoms with Crippen molar-refractivity contribution in [2.75, 3.05) is 29.4 Å². The molecule has 30 heavy (non-hydrogen) atoms. The van der Waals surface area contributed by atoms with Gasteiger partial charge < -0.3 is 5.32 Å².